The number of fused-ring (bicyclic) bond motifs is 2. The van der Waals surface area contributed by atoms with Gasteiger partial charge in [-0.2, -0.15) is 9.78 Å². The topological polar surface area (TPSA) is 119 Å². The first-order valence-corrected chi connectivity index (χ1v) is 11.9. The highest BCUT2D eigenvalue weighted by Gasteiger charge is 2.30. The van der Waals surface area contributed by atoms with Gasteiger partial charge >= 0.3 is 0 Å². The van der Waals surface area contributed by atoms with Gasteiger partial charge in [-0.15, -0.1) is 15.7 Å². The van der Waals surface area contributed by atoms with Gasteiger partial charge in [-0.1, -0.05) is 36.8 Å². The Bertz CT molecular complexity index is 1230. The molecule has 0 spiro atoms. The Balaban J connectivity index is 1.93. The van der Waals surface area contributed by atoms with E-state index >= 15 is 0 Å². The van der Waals surface area contributed by atoms with Crippen LogP contribution in [0.3, 0.4) is 0 Å². The van der Waals surface area contributed by atoms with Gasteiger partial charge in [0.05, 0.1) is 15.9 Å². The molecule has 158 valence electrons. The van der Waals surface area contributed by atoms with E-state index in [9.17, 15) is 19.0 Å². The molecule has 10 heteroatoms. The third kappa shape index (κ3) is 3.41. The maximum atomic E-state index is 13.3. The average Bonchev–Trinajstić information content (AvgIpc) is 3.20. The first-order valence-electron chi connectivity index (χ1n) is 9.51. The molecule has 2 aromatic heterocycles. The van der Waals surface area contributed by atoms with Crippen molar-refractivity contribution in [1.82, 2.24) is 4.68 Å². The molecule has 1 aromatic carbocycles. The molecule has 0 saturated carbocycles. The number of rotatable bonds is 5. The molecule has 0 saturated heterocycles. The zero-order valence-corrected chi connectivity index (χ0v) is 18.1. The molecule has 0 radical (unpaired) electrons. The number of pyridine rings is 1. The Labute approximate surface area is 178 Å². The number of nitrogens with one attached hydrogen (secondary N) is 1. The van der Waals surface area contributed by atoms with E-state index in [1.807, 2.05) is 13.8 Å². The molecule has 3 aromatic rings. The van der Waals surface area contributed by atoms with Gasteiger partial charge in [0.2, 0.25) is 0 Å². The van der Waals surface area contributed by atoms with Crippen LogP contribution in [0.2, 0.25) is 0 Å². The number of hydrogen-bond donors (Lipinski definition) is 4. The van der Waals surface area contributed by atoms with Gasteiger partial charge in [-0.3, -0.25) is 13.9 Å². The van der Waals surface area contributed by atoms with Crippen molar-refractivity contribution >= 4 is 50.1 Å². The van der Waals surface area contributed by atoms with Crippen LogP contribution in [0.5, 0.6) is 5.75 Å². The lowest BCUT2D eigenvalue weighted by Gasteiger charge is -2.34. The van der Waals surface area contributed by atoms with Crippen LogP contribution in [0.1, 0.15) is 32.3 Å². The zero-order chi connectivity index (χ0) is 21.5. The number of aromatic hydroxyl groups is 1. The lowest BCUT2D eigenvalue weighted by atomic mass is 10.1. The van der Waals surface area contributed by atoms with Gasteiger partial charge in [0.1, 0.15) is 10.5 Å². The van der Waals surface area contributed by atoms with Crippen LogP contribution in [0.25, 0.3) is 10.2 Å². The van der Waals surface area contributed by atoms with Gasteiger partial charge in [0.15, 0.2) is 11.6 Å². The summed E-state index contributed by atoms with van der Waals surface area (Å²) in [5, 5.41) is 20.0. The monoisotopic (exact) mass is 446 g/mol. The molecule has 1 aliphatic heterocycles. The average molecular weight is 447 g/mol. The summed E-state index contributed by atoms with van der Waals surface area (Å²) in [6.45, 7) is 4.10. The Kier molecular flexibility index (Phi) is 5.41. The molecule has 30 heavy (non-hydrogen) atoms. The number of amidine groups is 1. The van der Waals surface area contributed by atoms with E-state index < -0.39 is 16.3 Å². The molecule has 4 rings (SSSR count). The molecule has 0 amide bonds. The molecular formula is C20H22N4O4S2. The number of nitrogens with zero attached hydrogens (tertiary/aromatic N) is 3. The van der Waals surface area contributed by atoms with Gasteiger partial charge in [0.25, 0.3) is 5.56 Å². The smallest absolute Gasteiger partial charge is 0.286 e. The van der Waals surface area contributed by atoms with Crippen molar-refractivity contribution in [1.29, 1.82) is 0 Å². The fourth-order valence-corrected chi connectivity index (χ4v) is 5.30. The highest BCUT2D eigenvalue weighted by Crippen LogP contribution is 2.55. The second-order valence-electron chi connectivity index (χ2n) is 6.90. The van der Waals surface area contributed by atoms with Gasteiger partial charge in [0, 0.05) is 6.21 Å². The summed E-state index contributed by atoms with van der Waals surface area (Å²) in [4.78, 5) is 13.6. The van der Waals surface area contributed by atoms with Crippen molar-refractivity contribution < 1.29 is 14.2 Å². The highest BCUT2D eigenvalue weighted by atomic mass is 32.3. The molecule has 3 heterocycles. The normalized spacial score (nSPS) is 16.5. The third-order valence-electron chi connectivity index (χ3n) is 5.06. The van der Waals surface area contributed by atoms with E-state index in [0.717, 1.165) is 12.8 Å². The first-order chi connectivity index (χ1) is 14.4. The predicted molar refractivity (Wildman–Crippen MR) is 123 cm³/mol. The fraction of sp³-hybridized carbons (Fsp3) is 0.250. The van der Waals surface area contributed by atoms with Crippen molar-refractivity contribution in [2.75, 3.05) is 5.32 Å². The lowest BCUT2D eigenvalue weighted by molar-refractivity contribution is 0.478. The van der Waals surface area contributed by atoms with E-state index in [1.54, 1.807) is 41.9 Å². The number of para-hydroxylation sites is 1. The number of anilines is 1. The van der Waals surface area contributed by atoms with Crippen molar-refractivity contribution in [3.8, 4) is 5.75 Å². The predicted octanol–water partition coefficient (Wildman–Crippen LogP) is 4.94. The summed E-state index contributed by atoms with van der Waals surface area (Å²) in [7, 11) is -3.53. The van der Waals surface area contributed by atoms with E-state index in [2.05, 4.69) is 14.8 Å². The number of thiophene rings is 1. The number of hydrogen-bond acceptors (Lipinski definition) is 8. The Hall–Kier alpha value is -2.66. The Morgan fingerprint density at radius 3 is 2.73 bits per heavy atom. The molecule has 1 aliphatic rings. The largest absolute Gasteiger partial charge is 0.505 e. The lowest BCUT2D eigenvalue weighted by Crippen LogP contribution is -2.31. The summed E-state index contributed by atoms with van der Waals surface area (Å²) in [6.07, 6.45) is 3.51. The van der Waals surface area contributed by atoms with E-state index in [-0.39, 0.29) is 28.0 Å². The molecule has 0 fully saturated rings. The maximum Gasteiger partial charge on any atom is 0.286 e. The molecule has 4 N–H and O–H groups in total. The minimum Gasteiger partial charge on any atom is -0.505 e. The third-order valence-corrected chi connectivity index (χ3v) is 7.36. The molecule has 0 bridgehead atoms. The van der Waals surface area contributed by atoms with Crippen LogP contribution in [-0.4, -0.2) is 30.9 Å². The van der Waals surface area contributed by atoms with Crippen LogP contribution in [0.4, 0.5) is 5.69 Å². The second kappa shape index (κ2) is 7.88. The summed E-state index contributed by atoms with van der Waals surface area (Å²) >= 11 is 1.26. The van der Waals surface area contributed by atoms with E-state index in [4.69, 9.17) is 0 Å². The van der Waals surface area contributed by atoms with Gasteiger partial charge < -0.3 is 10.4 Å². The van der Waals surface area contributed by atoms with Crippen LogP contribution in [0, 0.1) is 5.92 Å². The van der Waals surface area contributed by atoms with Crippen molar-refractivity contribution in [3.63, 3.8) is 0 Å². The van der Waals surface area contributed by atoms with Crippen molar-refractivity contribution in [2.45, 2.75) is 31.6 Å². The van der Waals surface area contributed by atoms with Crippen LogP contribution >= 0.6 is 22.1 Å². The summed E-state index contributed by atoms with van der Waals surface area (Å²) in [5.41, 5.74) is 0.152. The Morgan fingerprint density at radius 2 is 2.00 bits per heavy atom. The van der Waals surface area contributed by atoms with Crippen LogP contribution < -0.4 is 10.9 Å². The summed E-state index contributed by atoms with van der Waals surface area (Å²) < 4.78 is 26.7. The van der Waals surface area contributed by atoms with Gasteiger partial charge in [-0.25, -0.2) is 0 Å². The summed E-state index contributed by atoms with van der Waals surface area (Å²) in [6, 6.07) is 8.32. The first kappa shape index (κ1) is 20.6. The van der Waals surface area contributed by atoms with E-state index in [0.29, 0.717) is 15.9 Å². The van der Waals surface area contributed by atoms with E-state index in [1.165, 1.54) is 16.0 Å². The number of benzene rings is 1. The minimum absolute atomic E-state index is 0.0991. The van der Waals surface area contributed by atoms with Crippen LogP contribution in [-0.2, 0) is 0 Å². The van der Waals surface area contributed by atoms with Crippen LogP contribution in [0.15, 0.2) is 54.9 Å². The summed E-state index contributed by atoms with van der Waals surface area (Å²) in [5.74, 6) is -0.148. The quantitative estimate of drug-likeness (QED) is 0.414. The highest BCUT2D eigenvalue weighted by molar-refractivity contribution is 8.23. The molecule has 0 atom stereocenters. The fourth-order valence-electron chi connectivity index (χ4n) is 3.31. The van der Waals surface area contributed by atoms with Gasteiger partial charge in [-0.05, 0) is 42.3 Å². The minimum atomic E-state index is -3.53. The molecule has 0 aliphatic carbocycles. The van der Waals surface area contributed by atoms with Crippen molar-refractivity contribution in [3.05, 3.63) is 51.6 Å². The maximum absolute atomic E-state index is 13.3. The molecule has 0 unspecified atom stereocenters. The number of aromatic nitrogens is 1. The molecular weight excluding hydrogens is 424 g/mol. The zero-order valence-electron chi connectivity index (χ0n) is 16.4. The standard InChI is InChI=1S/C20H22N4O4S2/c1-3-12(4-2)11-21-24-14-9-10-29-18(14)17(25)16(20(24)26)19-22-13-7-5-6-8-15(13)30(27,28)23-19/h5-12,25,27-28H,3-4H2,1-2H3,(H,22,23)/b21-11+. The second-order valence-corrected chi connectivity index (χ2v) is 9.47. The molecule has 8 nitrogen and oxygen atoms in total. The Morgan fingerprint density at radius 1 is 1.27 bits per heavy atom. The van der Waals surface area contributed by atoms with Crippen molar-refractivity contribution in [2.24, 2.45) is 15.4 Å². The SMILES string of the molecule is CCC(/C=N/n1c(=O)c(C2=NS(O)(O)c3ccccc3N2)c(O)c2sccc21)CC.